The Morgan fingerprint density at radius 2 is 1.88 bits per heavy atom. The van der Waals surface area contributed by atoms with Gasteiger partial charge in [-0.1, -0.05) is 11.6 Å². The van der Waals surface area contributed by atoms with E-state index in [0.717, 1.165) is 25.7 Å². The first-order valence-electron chi connectivity index (χ1n) is 7.98. The quantitative estimate of drug-likeness (QED) is 0.888. The van der Waals surface area contributed by atoms with Gasteiger partial charge in [-0.2, -0.15) is 0 Å². The van der Waals surface area contributed by atoms with Gasteiger partial charge in [-0.25, -0.2) is 0 Å². The number of aliphatic hydroxyl groups is 1. The van der Waals surface area contributed by atoms with Crippen LogP contribution >= 0.6 is 11.6 Å². The molecule has 1 fully saturated rings. The number of nitrogens with zero attached hydrogens (tertiary/aromatic N) is 1. The largest absolute Gasteiger partial charge is 0.456 e. The second-order valence-corrected chi connectivity index (χ2v) is 6.32. The molecular weight excluding hydrogens is 328 g/mol. The van der Waals surface area contributed by atoms with Crippen molar-refractivity contribution >= 4 is 17.5 Å². The number of hydrogen-bond acceptors (Lipinski definition) is 4. The fourth-order valence-corrected chi connectivity index (χ4v) is 2.97. The van der Waals surface area contributed by atoms with E-state index in [1.165, 1.54) is 0 Å². The van der Waals surface area contributed by atoms with Crippen molar-refractivity contribution in [3.63, 3.8) is 0 Å². The number of benzene rings is 1. The van der Waals surface area contributed by atoms with E-state index >= 15 is 0 Å². The molecule has 3 rings (SSSR count). The molecule has 1 aliphatic rings. The highest BCUT2D eigenvalue weighted by atomic mass is 35.5. The number of ether oxygens (including phenoxy) is 1. The van der Waals surface area contributed by atoms with Crippen molar-refractivity contribution in [3.8, 4) is 11.5 Å². The molecule has 1 aliphatic carbocycles. The Labute approximate surface area is 145 Å². The summed E-state index contributed by atoms with van der Waals surface area (Å²) in [5, 5.41) is 12.9. The molecule has 0 unspecified atom stereocenters. The first-order valence-corrected chi connectivity index (χ1v) is 8.36. The Hall–Kier alpha value is -2.11. The minimum atomic E-state index is -0.239. The van der Waals surface area contributed by atoms with E-state index < -0.39 is 0 Å². The number of hydrogen-bond donors (Lipinski definition) is 2. The number of nitrogens with one attached hydrogen (secondary N) is 1. The smallest absolute Gasteiger partial charge is 0.251 e. The zero-order valence-electron chi connectivity index (χ0n) is 13.1. The predicted molar refractivity (Wildman–Crippen MR) is 91.5 cm³/mol. The molecule has 0 atom stereocenters. The van der Waals surface area contributed by atoms with Gasteiger partial charge in [0.05, 0.1) is 11.1 Å². The Bertz CT molecular complexity index is 701. The Kier molecular flexibility index (Phi) is 5.33. The second-order valence-electron chi connectivity index (χ2n) is 5.91. The van der Waals surface area contributed by atoms with Crippen molar-refractivity contribution < 1.29 is 14.6 Å². The van der Waals surface area contributed by atoms with Gasteiger partial charge in [0.2, 0.25) is 0 Å². The van der Waals surface area contributed by atoms with Gasteiger partial charge in [0.1, 0.15) is 11.5 Å². The normalized spacial score (nSPS) is 20.4. The van der Waals surface area contributed by atoms with Gasteiger partial charge < -0.3 is 15.2 Å². The summed E-state index contributed by atoms with van der Waals surface area (Å²) in [5.74, 6) is 0.957. The molecule has 5 nitrogen and oxygen atoms in total. The van der Waals surface area contributed by atoms with Crippen molar-refractivity contribution in [1.29, 1.82) is 0 Å². The monoisotopic (exact) mass is 346 g/mol. The molecule has 2 aromatic rings. The van der Waals surface area contributed by atoms with Gasteiger partial charge >= 0.3 is 0 Å². The van der Waals surface area contributed by atoms with Gasteiger partial charge in [-0.3, -0.25) is 9.78 Å². The maximum absolute atomic E-state index is 12.3. The van der Waals surface area contributed by atoms with Crippen LogP contribution in [0.15, 0.2) is 42.7 Å². The number of amides is 1. The number of carbonyl (C=O) groups is 1. The average Bonchev–Trinajstić information content (AvgIpc) is 2.59. The summed E-state index contributed by atoms with van der Waals surface area (Å²) in [6, 6.07) is 8.54. The Morgan fingerprint density at radius 3 is 2.54 bits per heavy atom. The van der Waals surface area contributed by atoms with Crippen LogP contribution in [0.5, 0.6) is 11.5 Å². The minimum Gasteiger partial charge on any atom is -0.456 e. The van der Waals surface area contributed by atoms with Crippen LogP contribution in [0.3, 0.4) is 0 Å². The molecule has 1 aromatic carbocycles. The fraction of sp³-hybridized carbons (Fsp3) is 0.333. The number of rotatable bonds is 4. The molecule has 2 N–H and O–H groups in total. The Balaban J connectivity index is 1.64. The topological polar surface area (TPSA) is 71.5 Å². The van der Waals surface area contributed by atoms with E-state index in [1.807, 2.05) is 0 Å². The predicted octanol–water partition coefficient (Wildman–Crippen LogP) is 3.56. The molecule has 0 aliphatic heterocycles. The van der Waals surface area contributed by atoms with E-state index in [-0.39, 0.29) is 18.1 Å². The number of aromatic nitrogens is 1. The second kappa shape index (κ2) is 7.64. The maximum Gasteiger partial charge on any atom is 0.251 e. The lowest BCUT2D eigenvalue weighted by Crippen LogP contribution is -2.38. The SMILES string of the molecule is O=C(NC1CCC(O)CC1)c1ccc(Oc2ccncc2)c(Cl)c1. The van der Waals surface area contributed by atoms with Crippen molar-refractivity contribution in [2.75, 3.05) is 0 Å². The van der Waals surface area contributed by atoms with E-state index in [9.17, 15) is 9.90 Å². The first kappa shape index (κ1) is 16.7. The minimum absolute atomic E-state index is 0.104. The lowest BCUT2D eigenvalue weighted by Gasteiger charge is -2.26. The summed E-state index contributed by atoms with van der Waals surface area (Å²) in [4.78, 5) is 16.3. The summed E-state index contributed by atoms with van der Waals surface area (Å²) >= 11 is 6.23. The van der Waals surface area contributed by atoms with Gasteiger partial charge in [0, 0.05) is 24.0 Å². The average molecular weight is 347 g/mol. The molecule has 1 amide bonds. The van der Waals surface area contributed by atoms with Crippen LogP contribution in [0.1, 0.15) is 36.0 Å². The standard InChI is InChI=1S/C18H19ClN2O3/c19-16-11-12(18(23)21-13-2-4-14(22)5-3-13)1-6-17(16)24-15-7-9-20-10-8-15/h1,6-11,13-14,22H,2-5H2,(H,21,23). The zero-order valence-corrected chi connectivity index (χ0v) is 13.9. The third-order valence-electron chi connectivity index (χ3n) is 4.10. The van der Waals surface area contributed by atoms with E-state index in [0.29, 0.717) is 22.1 Å². The molecule has 1 saturated carbocycles. The Morgan fingerprint density at radius 1 is 1.17 bits per heavy atom. The van der Waals surface area contributed by atoms with Gasteiger partial charge in [-0.15, -0.1) is 0 Å². The summed E-state index contributed by atoms with van der Waals surface area (Å²) < 4.78 is 5.67. The molecule has 1 aromatic heterocycles. The number of pyridine rings is 1. The lowest BCUT2D eigenvalue weighted by atomic mass is 9.93. The van der Waals surface area contributed by atoms with Crippen LogP contribution < -0.4 is 10.1 Å². The van der Waals surface area contributed by atoms with Crippen LogP contribution in [0.2, 0.25) is 5.02 Å². The van der Waals surface area contributed by atoms with E-state index in [1.54, 1.807) is 42.7 Å². The van der Waals surface area contributed by atoms with Gasteiger partial charge in [-0.05, 0) is 56.0 Å². The van der Waals surface area contributed by atoms with Crippen LogP contribution in [-0.4, -0.2) is 28.1 Å². The summed E-state index contributed by atoms with van der Waals surface area (Å²) in [6.45, 7) is 0. The van der Waals surface area contributed by atoms with Crippen molar-refractivity contribution in [2.45, 2.75) is 37.8 Å². The first-order chi connectivity index (χ1) is 11.6. The molecule has 0 radical (unpaired) electrons. The van der Waals surface area contributed by atoms with Crippen molar-refractivity contribution in [1.82, 2.24) is 10.3 Å². The molecule has 126 valence electrons. The third kappa shape index (κ3) is 4.24. The molecule has 24 heavy (non-hydrogen) atoms. The molecular formula is C18H19ClN2O3. The fourth-order valence-electron chi connectivity index (χ4n) is 2.75. The zero-order chi connectivity index (χ0) is 16.9. The van der Waals surface area contributed by atoms with E-state index in [2.05, 4.69) is 10.3 Å². The highest BCUT2D eigenvalue weighted by Crippen LogP contribution is 2.30. The molecule has 1 heterocycles. The van der Waals surface area contributed by atoms with Gasteiger partial charge in [0.25, 0.3) is 5.91 Å². The molecule has 0 bridgehead atoms. The summed E-state index contributed by atoms with van der Waals surface area (Å²) in [7, 11) is 0. The van der Waals surface area contributed by atoms with Crippen LogP contribution in [0.4, 0.5) is 0 Å². The van der Waals surface area contributed by atoms with E-state index in [4.69, 9.17) is 16.3 Å². The number of aliphatic hydroxyl groups excluding tert-OH is 1. The molecule has 6 heteroatoms. The highest BCUT2D eigenvalue weighted by Gasteiger charge is 2.21. The van der Waals surface area contributed by atoms with Crippen molar-refractivity contribution in [3.05, 3.63) is 53.3 Å². The van der Waals surface area contributed by atoms with Crippen LogP contribution in [-0.2, 0) is 0 Å². The summed E-state index contributed by atoms with van der Waals surface area (Å²) in [6.07, 6.45) is 6.07. The van der Waals surface area contributed by atoms with Crippen LogP contribution in [0, 0.1) is 0 Å². The third-order valence-corrected chi connectivity index (χ3v) is 4.40. The van der Waals surface area contributed by atoms with Gasteiger partial charge in [0.15, 0.2) is 0 Å². The lowest BCUT2D eigenvalue weighted by molar-refractivity contribution is 0.0867. The van der Waals surface area contributed by atoms with Crippen LogP contribution in [0.25, 0.3) is 0 Å². The maximum atomic E-state index is 12.3. The number of carbonyl (C=O) groups excluding carboxylic acids is 1. The molecule has 0 spiro atoms. The number of halogens is 1. The highest BCUT2D eigenvalue weighted by molar-refractivity contribution is 6.32. The molecule has 0 saturated heterocycles. The summed E-state index contributed by atoms with van der Waals surface area (Å²) in [5.41, 5.74) is 0.494. The van der Waals surface area contributed by atoms with Crippen molar-refractivity contribution in [2.24, 2.45) is 0 Å².